The molecule has 0 unspecified atom stereocenters. The number of imidazole rings is 1. The molecule has 0 saturated carbocycles. The van der Waals surface area contributed by atoms with Gasteiger partial charge in [-0.15, -0.1) is 0 Å². The highest BCUT2D eigenvalue weighted by atomic mass is 16.5. The van der Waals surface area contributed by atoms with Crippen molar-refractivity contribution >= 4 is 32.8 Å². The van der Waals surface area contributed by atoms with Gasteiger partial charge in [0, 0.05) is 39.5 Å². The van der Waals surface area contributed by atoms with E-state index in [1.807, 2.05) is 116 Å². The Morgan fingerprint density at radius 2 is 1.41 bits per heavy atom. The first-order valence-electron chi connectivity index (χ1n) is 30.1. The van der Waals surface area contributed by atoms with Gasteiger partial charge in [-0.3, -0.25) is 13.7 Å². The Labute approximate surface area is 411 Å². The standard InChI is InChI=1S/C61H62N4O/c1-57(2,3)40-29-32-62-54(34-40)65-49-20-13-12-19-44(49)45-25-24-43(36-53(45)65)66-42-18-16-17-41(35-42)63-38-64(51-22-15-14-21-50(51)63)52-28-27-47-56(59(6,7)31-30-58(47,4)5)55(52)39-23-26-46-48(33-39)61(10,11)37-60(46,8)9/h12-29,32-36H,30-31,37H2,1-11H3/i8D3,9D3,10D3,11D3,23D,26D,33D. The third kappa shape index (κ3) is 6.71. The van der Waals surface area contributed by atoms with E-state index < -0.39 is 84.7 Å². The second-order valence-electron chi connectivity index (χ2n) is 20.7. The Hall–Kier alpha value is -6.46. The number of hydrogen-bond donors (Lipinski definition) is 0. The molecule has 11 rings (SSSR count). The molecule has 0 bridgehead atoms. The molecule has 0 aliphatic heterocycles. The lowest BCUT2D eigenvalue weighted by atomic mass is 9.61. The number of rotatable bonds is 6. The highest BCUT2D eigenvalue weighted by molar-refractivity contribution is 6.09. The van der Waals surface area contributed by atoms with Crippen molar-refractivity contribution < 1.29 is 29.9 Å². The predicted molar refractivity (Wildman–Crippen MR) is 272 cm³/mol. The summed E-state index contributed by atoms with van der Waals surface area (Å²) in [5.74, 6) is 1.87. The van der Waals surface area contributed by atoms with E-state index in [0.717, 1.165) is 45.2 Å². The van der Waals surface area contributed by atoms with Crippen LogP contribution in [-0.2, 0) is 27.1 Å². The third-order valence-corrected chi connectivity index (χ3v) is 14.0. The van der Waals surface area contributed by atoms with Crippen LogP contribution in [0.5, 0.6) is 11.5 Å². The molecule has 66 heavy (non-hydrogen) atoms. The van der Waals surface area contributed by atoms with E-state index >= 15 is 0 Å². The maximum Gasteiger partial charge on any atom is 0.269 e. The second-order valence-corrected chi connectivity index (χ2v) is 20.7. The van der Waals surface area contributed by atoms with Crippen LogP contribution in [0.1, 0.15) is 144 Å². The Balaban J connectivity index is 1.13. The van der Waals surface area contributed by atoms with Crippen molar-refractivity contribution in [3.05, 3.63) is 174 Å². The number of fused-ring (bicyclic) bond motifs is 6. The van der Waals surface area contributed by atoms with Gasteiger partial charge < -0.3 is 4.74 Å². The summed E-state index contributed by atoms with van der Waals surface area (Å²) in [7, 11) is 0. The average molecular weight is 882 g/mol. The topological polar surface area (TPSA) is 35.9 Å². The van der Waals surface area contributed by atoms with E-state index in [1.54, 1.807) is 4.57 Å². The van der Waals surface area contributed by atoms with Crippen LogP contribution in [0.3, 0.4) is 0 Å². The predicted octanol–water partition coefficient (Wildman–Crippen LogP) is 15.3. The molecule has 5 nitrogen and oxygen atoms in total. The van der Waals surface area contributed by atoms with E-state index in [-0.39, 0.29) is 16.5 Å². The van der Waals surface area contributed by atoms with Crippen molar-refractivity contribution in [3.63, 3.8) is 0 Å². The van der Waals surface area contributed by atoms with Crippen LogP contribution in [0.25, 0.3) is 61.2 Å². The van der Waals surface area contributed by atoms with Crippen LogP contribution >= 0.6 is 0 Å². The fraction of sp³-hybridized carbons (Fsp3) is 0.311. The van der Waals surface area contributed by atoms with Crippen molar-refractivity contribution in [1.29, 1.82) is 0 Å². The van der Waals surface area contributed by atoms with Gasteiger partial charge in [0.1, 0.15) is 17.3 Å². The Bertz CT molecular complexity index is 4030. The van der Waals surface area contributed by atoms with Gasteiger partial charge >= 0.3 is 0 Å². The Kier molecular flexibility index (Phi) is 6.28. The van der Waals surface area contributed by atoms with Gasteiger partial charge in [-0.1, -0.05) is 149 Å². The molecule has 0 radical (unpaired) electrons. The summed E-state index contributed by atoms with van der Waals surface area (Å²) in [6.45, 7) is 0.187. The van der Waals surface area contributed by atoms with Gasteiger partial charge in [-0.2, -0.15) is 0 Å². The van der Waals surface area contributed by atoms with Crippen LogP contribution in [0, 0.1) is 6.33 Å². The molecule has 0 spiro atoms. The zero-order chi connectivity index (χ0) is 58.7. The summed E-state index contributed by atoms with van der Waals surface area (Å²) in [5, 5.41) is 2.10. The first kappa shape index (κ1) is 28.5. The van der Waals surface area contributed by atoms with Crippen LogP contribution in [0.15, 0.2) is 140 Å². The molecule has 332 valence electrons. The van der Waals surface area contributed by atoms with Gasteiger partial charge in [0.25, 0.3) is 6.33 Å². The van der Waals surface area contributed by atoms with Gasteiger partial charge in [0.15, 0.2) is 0 Å². The molecular weight excluding hydrogens is 805 g/mol. The van der Waals surface area contributed by atoms with Gasteiger partial charge in [0.2, 0.25) is 0 Å². The largest absolute Gasteiger partial charge is 0.458 e. The van der Waals surface area contributed by atoms with Crippen LogP contribution in [0.4, 0.5) is 0 Å². The Morgan fingerprint density at radius 1 is 0.682 bits per heavy atom. The number of nitrogens with zero attached hydrogens (tertiary/aromatic N) is 4. The second kappa shape index (κ2) is 14.5. The fourth-order valence-corrected chi connectivity index (χ4v) is 10.4. The smallest absolute Gasteiger partial charge is 0.269 e. The SMILES string of the molecule is [2H]c1c([2H])c2c(c([2H])c1-c1c(-[n+]3[c-]n(-c4cccc(Oc5ccc6c7ccccc7n(-c7cc(C(C)(C)C)ccn7)c6c5)c4)c4ccccc43)ccc3c1C(C)(C)CCC3(C)C)C(C([2H])([2H])[2H])(C([2H])([2H])[2H])CC2(C([2H])([2H])[2H])C([2H])([2H])[2H]. The van der Waals surface area contributed by atoms with Crippen LogP contribution < -0.4 is 9.30 Å². The maximum absolute atomic E-state index is 10.3. The highest BCUT2D eigenvalue weighted by Crippen LogP contribution is 2.54. The van der Waals surface area contributed by atoms with E-state index in [2.05, 4.69) is 69.8 Å². The van der Waals surface area contributed by atoms with Crippen LogP contribution in [0.2, 0.25) is 0 Å². The zero-order valence-corrected chi connectivity index (χ0v) is 38.4. The molecule has 3 aromatic heterocycles. The minimum atomic E-state index is -3.63. The van der Waals surface area contributed by atoms with E-state index in [0.29, 0.717) is 45.9 Å². The van der Waals surface area contributed by atoms with Crippen LogP contribution in [-0.4, -0.2) is 14.1 Å². The summed E-state index contributed by atoms with van der Waals surface area (Å²) < 4.78 is 149. The number of aromatic nitrogens is 4. The first-order chi connectivity index (χ1) is 37.6. The van der Waals surface area contributed by atoms with Gasteiger partial charge in [0.05, 0.1) is 37.6 Å². The summed E-state index contributed by atoms with van der Waals surface area (Å²) in [6, 6.07) is 34.6. The minimum absolute atomic E-state index is 0.109. The van der Waals surface area contributed by atoms with Crippen molar-refractivity contribution in [2.45, 2.75) is 122 Å². The lowest BCUT2D eigenvalue weighted by Crippen LogP contribution is -2.37. The molecule has 3 heterocycles. The quantitative estimate of drug-likeness (QED) is 0.123. The molecule has 2 aliphatic carbocycles. The van der Waals surface area contributed by atoms with Gasteiger partial charge in [-0.05, 0) is 140 Å². The summed E-state index contributed by atoms with van der Waals surface area (Å²) in [4.78, 5) is 4.84. The zero-order valence-electron chi connectivity index (χ0n) is 53.4. The summed E-state index contributed by atoms with van der Waals surface area (Å²) >= 11 is 0. The number of ether oxygens (including phenoxy) is 1. The van der Waals surface area contributed by atoms with E-state index in [1.165, 1.54) is 0 Å². The molecule has 0 atom stereocenters. The molecule has 6 aromatic carbocycles. The van der Waals surface area contributed by atoms with Crippen molar-refractivity contribution in [3.8, 4) is 39.8 Å². The number of pyridine rings is 1. The minimum Gasteiger partial charge on any atom is -0.458 e. The van der Waals surface area contributed by atoms with E-state index in [4.69, 9.17) is 26.2 Å². The third-order valence-electron chi connectivity index (χ3n) is 14.0. The monoisotopic (exact) mass is 882 g/mol. The fourth-order valence-electron chi connectivity index (χ4n) is 10.4. The summed E-state index contributed by atoms with van der Waals surface area (Å²) in [5.41, 5.74) is -2.97. The first-order valence-corrected chi connectivity index (χ1v) is 22.6. The lowest BCUT2D eigenvalue weighted by molar-refractivity contribution is -0.571. The lowest BCUT2D eigenvalue weighted by Gasteiger charge is -2.44. The normalized spacial score (nSPS) is 21.1. The molecule has 2 aliphatic rings. The highest BCUT2D eigenvalue weighted by Gasteiger charge is 2.43. The van der Waals surface area contributed by atoms with E-state index in [9.17, 15) is 4.11 Å². The molecule has 0 saturated heterocycles. The molecule has 0 fully saturated rings. The summed E-state index contributed by atoms with van der Waals surface area (Å²) in [6.07, 6.45) is 5.26. The Morgan fingerprint density at radius 3 is 2.21 bits per heavy atom. The van der Waals surface area contributed by atoms with Gasteiger partial charge in [-0.25, -0.2) is 4.98 Å². The number of para-hydroxylation sites is 3. The molecule has 0 N–H and O–H groups in total. The van der Waals surface area contributed by atoms with Crippen molar-refractivity contribution in [2.75, 3.05) is 0 Å². The molecule has 0 amide bonds. The van der Waals surface area contributed by atoms with Crippen molar-refractivity contribution in [2.24, 2.45) is 0 Å². The maximum atomic E-state index is 10.3. The number of hydrogen-bond acceptors (Lipinski definition) is 2. The number of benzene rings is 6. The molecule has 9 aromatic rings. The molecule has 5 heteroatoms. The van der Waals surface area contributed by atoms with Crippen molar-refractivity contribution in [1.82, 2.24) is 14.1 Å². The molecular formula is C61H62N4O. The average Bonchev–Trinajstić information content (AvgIpc) is 1.60.